The summed E-state index contributed by atoms with van der Waals surface area (Å²) in [6, 6.07) is 15.4. The molecule has 0 bridgehead atoms. The molecule has 1 aliphatic heterocycles. The van der Waals surface area contributed by atoms with Gasteiger partial charge in [-0.25, -0.2) is 9.78 Å². The summed E-state index contributed by atoms with van der Waals surface area (Å²) in [7, 11) is 0. The van der Waals surface area contributed by atoms with Crippen LogP contribution >= 0.6 is 0 Å². The van der Waals surface area contributed by atoms with E-state index >= 15 is 0 Å². The predicted octanol–water partition coefficient (Wildman–Crippen LogP) is 5.67. The Morgan fingerprint density at radius 3 is 2.43 bits per heavy atom. The van der Waals surface area contributed by atoms with Crippen molar-refractivity contribution in [2.75, 3.05) is 24.5 Å². The van der Waals surface area contributed by atoms with E-state index in [0.717, 1.165) is 49.8 Å². The Bertz CT molecular complexity index is 823. The third-order valence-electron chi connectivity index (χ3n) is 6.78. The monoisotopic (exact) mass is 407 g/mol. The lowest BCUT2D eigenvalue weighted by Gasteiger charge is -2.33. The van der Waals surface area contributed by atoms with Gasteiger partial charge in [0.1, 0.15) is 5.82 Å². The molecule has 4 rings (SSSR count). The van der Waals surface area contributed by atoms with Gasteiger partial charge in [-0.2, -0.15) is 0 Å². The summed E-state index contributed by atoms with van der Waals surface area (Å²) in [5.74, 6) is 2.37. The first kappa shape index (κ1) is 20.7. The summed E-state index contributed by atoms with van der Waals surface area (Å²) in [6.07, 6.45) is 8.94. The van der Waals surface area contributed by atoms with Crippen molar-refractivity contribution in [3.63, 3.8) is 0 Å². The van der Waals surface area contributed by atoms with E-state index in [0.29, 0.717) is 12.5 Å². The SMILES string of the molecule is O=C(O)NCCC1CCN(c2cccc(-c3ccc(C4CCCCC4)cc3)n2)CC1. The van der Waals surface area contributed by atoms with Gasteiger partial charge in [0, 0.05) is 25.2 Å². The quantitative estimate of drug-likeness (QED) is 0.647. The Hall–Kier alpha value is -2.56. The molecule has 0 atom stereocenters. The molecule has 5 heteroatoms. The Morgan fingerprint density at radius 2 is 1.73 bits per heavy atom. The van der Waals surface area contributed by atoms with E-state index in [2.05, 4.69) is 52.7 Å². The van der Waals surface area contributed by atoms with E-state index in [1.807, 2.05) is 0 Å². The molecule has 1 aromatic carbocycles. The standard InChI is InChI=1S/C25H33N3O2/c29-25(30)26-16-13-19-14-17-28(18-15-19)24-8-4-7-23(27-24)22-11-9-21(10-12-22)20-5-2-1-3-6-20/h4,7-12,19-20,26H,1-3,5-6,13-18H2,(H,29,30). The minimum atomic E-state index is -0.930. The molecule has 30 heavy (non-hydrogen) atoms. The number of aromatic nitrogens is 1. The number of nitrogens with zero attached hydrogens (tertiary/aromatic N) is 2. The first-order chi connectivity index (χ1) is 14.7. The average molecular weight is 408 g/mol. The van der Waals surface area contributed by atoms with Gasteiger partial charge in [0.2, 0.25) is 0 Å². The van der Waals surface area contributed by atoms with Crippen molar-refractivity contribution < 1.29 is 9.90 Å². The van der Waals surface area contributed by atoms with Crippen molar-refractivity contribution in [3.05, 3.63) is 48.0 Å². The number of anilines is 1. The van der Waals surface area contributed by atoms with Crippen LogP contribution in [0.3, 0.4) is 0 Å². The molecule has 2 heterocycles. The lowest BCUT2D eigenvalue weighted by molar-refractivity contribution is 0.193. The molecular weight excluding hydrogens is 374 g/mol. The molecule has 2 aliphatic rings. The second-order valence-electron chi connectivity index (χ2n) is 8.79. The summed E-state index contributed by atoms with van der Waals surface area (Å²) >= 11 is 0. The maximum atomic E-state index is 10.6. The number of carbonyl (C=O) groups is 1. The van der Waals surface area contributed by atoms with E-state index in [1.165, 1.54) is 43.2 Å². The van der Waals surface area contributed by atoms with E-state index in [9.17, 15) is 4.79 Å². The van der Waals surface area contributed by atoms with E-state index in [4.69, 9.17) is 10.1 Å². The normalized spacial score (nSPS) is 18.3. The lowest BCUT2D eigenvalue weighted by atomic mass is 9.84. The number of nitrogens with one attached hydrogen (secondary N) is 1. The zero-order valence-corrected chi connectivity index (χ0v) is 17.7. The van der Waals surface area contributed by atoms with Gasteiger partial charge in [-0.3, -0.25) is 0 Å². The molecule has 2 aromatic rings. The van der Waals surface area contributed by atoms with Crippen LogP contribution in [0.4, 0.5) is 10.6 Å². The molecule has 1 saturated heterocycles. The molecule has 2 N–H and O–H groups in total. The van der Waals surface area contributed by atoms with Gasteiger partial charge in [-0.1, -0.05) is 49.6 Å². The van der Waals surface area contributed by atoms with Gasteiger partial charge < -0.3 is 15.3 Å². The largest absolute Gasteiger partial charge is 0.465 e. The predicted molar refractivity (Wildman–Crippen MR) is 121 cm³/mol. The molecule has 0 unspecified atom stereocenters. The number of amides is 1. The van der Waals surface area contributed by atoms with Gasteiger partial charge in [0.05, 0.1) is 5.69 Å². The molecule has 1 aromatic heterocycles. The zero-order valence-electron chi connectivity index (χ0n) is 17.7. The second kappa shape index (κ2) is 9.96. The van der Waals surface area contributed by atoms with Crippen LogP contribution in [-0.2, 0) is 0 Å². The van der Waals surface area contributed by atoms with Crippen LogP contribution in [0.1, 0.15) is 62.8 Å². The number of rotatable bonds is 6. The minimum absolute atomic E-state index is 0.546. The Labute approximate surface area is 179 Å². The highest BCUT2D eigenvalue weighted by atomic mass is 16.4. The second-order valence-corrected chi connectivity index (χ2v) is 8.79. The summed E-state index contributed by atoms with van der Waals surface area (Å²) < 4.78 is 0. The molecular formula is C25H33N3O2. The fraction of sp³-hybridized carbons (Fsp3) is 0.520. The number of carboxylic acid groups (broad SMARTS) is 1. The van der Waals surface area contributed by atoms with Crippen molar-refractivity contribution in [2.45, 2.75) is 57.3 Å². The van der Waals surface area contributed by atoms with Crippen LogP contribution in [0, 0.1) is 5.92 Å². The van der Waals surface area contributed by atoms with Crippen LogP contribution in [0.2, 0.25) is 0 Å². The minimum Gasteiger partial charge on any atom is -0.465 e. The van der Waals surface area contributed by atoms with Crippen LogP contribution in [-0.4, -0.2) is 35.8 Å². The van der Waals surface area contributed by atoms with Crippen molar-refractivity contribution >= 4 is 11.9 Å². The number of hydrogen-bond acceptors (Lipinski definition) is 3. The number of pyridine rings is 1. The molecule has 0 radical (unpaired) electrons. The van der Waals surface area contributed by atoms with Gasteiger partial charge in [0.25, 0.3) is 0 Å². The smallest absolute Gasteiger partial charge is 0.404 e. The first-order valence-electron chi connectivity index (χ1n) is 11.5. The first-order valence-corrected chi connectivity index (χ1v) is 11.5. The Morgan fingerprint density at radius 1 is 1.00 bits per heavy atom. The maximum Gasteiger partial charge on any atom is 0.404 e. The fourth-order valence-corrected chi connectivity index (χ4v) is 4.96. The highest BCUT2D eigenvalue weighted by molar-refractivity contribution is 5.64. The molecule has 1 saturated carbocycles. The van der Waals surface area contributed by atoms with Gasteiger partial charge in [0.15, 0.2) is 0 Å². The van der Waals surface area contributed by atoms with Gasteiger partial charge >= 0.3 is 6.09 Å². The Balaban J connectivity index is 1.35. The summed E-state index contributed by atoms with van der Waals surface area (Å²) in [5.41, 5.74) is 3.70. The van der Waals surface area contributed by atoms with Crippen LogP contribution in [0.25, 0.3) is 11.3 Å². The number of hydrogen-bond donors (Lipinski definition) is 2. The van der Waals surface area contributed by atoms with Gasteiger partial charge in [-0.05, 0) is 61.6 Å². The Kier molecular flexibility index (Phi) is 6.88. The molecule has 1 amide bonds. The molecule has 5 nitrogen and oxygen atoms in total. The molecule has 0 spiro atoms. The topological polar surface area (TPSA) is 65.5 Å². The highest BCUT2D eigenvalue weighted by Gasteiger charge is 2.20. The van der Waals surface area contributed by atoms with Crippen molar-refractivity contribution in [1.82, 2.24) is 10.3 Å². The summed E-state index contributed by atoms with van der Waals surface area (Å²) in [5, 5.41) is 11.2. The highest BCUT2D eigenvalue weighted by Crippen LogP contribution is 2.33. The number of benzene rings is 1. The third kappa shape index (κ3) is 5.32. The van der Waals surface area contributed by atoms with Gasteiger partial charge in [-0.15, -0.1) is 0 Å². The third-order valence-corrected chi connectivity index (χ3v) is 6.78. The van der Waals surface area contributed by atoms with Crippen LogP contribution < -0.4 is 10.2 Å². The van der Waals surface area contributed by atoms with E-state index in [1.54, 1.807) is 0 Å². The molecule has 2 fully saturated rings. The van der Waals surface area contributed by atoms with E-state index in [-0.39, 0.29) is 0 Å². The fourth-order valence-electron chi connectivity index (χ4n) is 4.96. The average Bonchev–Trinajstić information content (AvgIpc) is 2.80. The maximum absolute atomic E-state index is 10.6. The molecule has 1 aliphatic carbocycles. The van der Waals surface area contributed by atoms with Crippen LogP contribution in [0.5, 0.6) is 0 Å². The summed E-state index contributed by atoms with van der Waals surface area (Å²) in [4.78, 5) is 17.9. The van der Waals surface area contributed by atoms with E-state index < -0.39 is 6.09 Å². The zero-order chi connectivity index (χ0) is 20.8. The van der Waals surface area contributed by atoms with Crippen molar-refractivity contribution in [3.8, 4) is 11.3 Å². The molecule has 160 valence electrons. The lowest BCUT2D eigenvalue weighted by Crippen LogP contribution is -2.35. The van der Waals surface area contributed by atoms with Crippen molar-refractivity contribution in [1.29, 1.82) is 0 Å². The van der Waals surface area contributed by atoms with Crippen LogP contribution in [0.15, 0.2) is 42.5 Å². The van der Waals surface area contributed by atoms with Crippen molar-refractivity contribution in [2.24, 2.45) is 5.92 Å². The number of piperidine rings is 1. The summed E-state index contributed by atoms with van der Waals surface area (Å²) in [6.45, 7) is 2.51.